The summed E-state index contributed by atoms with van der Waals surface area (Å²) in [5.41, 5.74) is -0.0795. The maximum Gasteiger partial charge on any atom is 0.264 e. The molecule has 0 unspecified atom stereocenters. The maximum absolute atomic E-state index is 13.7. The van der Waals surface area contributed by atoms with Crippen molar-refractivity contribution >= 4 is 27.5 Å². The molecule has 0 atom stereocenters. The fraction of sp³-hybridized carbons (Fsp3) is 0.188. The number of amides is 1. The van der Waals surface area contributed by atoms with Gasteiger partial charge in [-0.25, -0.2) is 17.5 Å². The van der Waals surface area contributed by atoms with E-state index in [9.17, 15) is 17.6 Å². The van der Waals surface area contributed by atoms with Crippen LogP contribution < -0.4 is 14.2 Å². The van der Waals surface area contributed by atoms with Gasteiger partial charge in [-0.3, -0.25) is 4.79 Å². The summed E-state index contributed by atoms with van der Waals surface area (Å²) in [4.78, 5) is 11.8. The van der Waals surface area contributed by atoms with Crippen LogP contribution in [0.25, 0.3) is 0 Å². The van der Waals surface area contributed by atoms with E-state index < -0.39 is 28.2 Å². The number of carbonyl (C=O) groups is 1. The molecule has 6 nitrogen and oxygen atoms in total. The number of hydrogen-bond acceptors (Lipinski definition) is 5. The van der Waals surface area contributed by atoms with E-state index in [2.05, 4.69) is 0 Å². The van der Waals surface area contributed by atoms with E-state index >= 15 is 0 Å². The van der Waals surface area contributed by atoms with Gasteiger partial charge >= 0.3 is 0 Å². The number of ether oxygens (including phenoxy) is 2. The Bertz CT molecular complexity index is 881. The first-order chi connectivity index (χ1) is 11.8. The first-order valence-corrected chi connectivity index (χ1v) is 8.85. The van der Waals surface area contributed by atoms with Crippen molar-refractivity contribution in [1.82, 2.24) is 4.72 Å². The number of methoxy groups -OCH3 is 2. The first-order valence-electron chi connectivity index (χ1n) is 6.99. The lowest BCUT2D eigenvalue weighted by molar-refractivity contribution is -0.118. The lowest BCUT2D eigenvalue weighted by Crippen LogP contribution is -2.32. The van der Waals surface area contributed by atoms with Crippen LogP contribution in [0, 0.1) is 5.82 Å². The maximum atomic E-state index is 13.7. The van der Waals surface area contributed by atoms with Gasteiger partial charge in [0.15, 0.2) is 11.5 Å². The number of hydrogen-bond donors (Lipinski definition) is 1. The summed E-state index contributed by atoms with van der Waals surface area (Å²) in [5.74, 6) is -1.08. The molecule has 0 aliphatic rings. The molecule has 0 radical (unpaired) electrons. The third kappa shape index (κ3) is 4.40. The Morgan fingerprint density at radius 2 is 1.84 bits per heavy atom. The molecule has 0 saturated carbocycles. The molecule has 0 saturated heterocycles. The van der Waals surface area contributed by atoms with E-state index in [0.29, 0.717) is 5.75 Å². The van der Waals surface area contributed by atoms with Crippen molar-refractivity contribution in [3.63, 3.8) is 0 Å². The van der Waals surface area contributed by atoms with Gasteiger partial charge in [0.25, 0.3) is 10.0 Å². The molecule has 1 amide bonds. The van der Waals surface area contributed by atoms with Crippen LogP contribution in [0.15, 0.2) is 41.3 Å². The van der Waals surface area contributed by atoms with Gasteiger partial charge < -0.3 is 9.47 Å². The summed E-state index contributed by atoms with van der Waals surface area (Å²) in [7, 11) is -1.40. The topological polar surface area (TPSA) is 81.7 Å². The van der Waals surface area contributed by atoms with E-state index in [1.54, 1.807) is 0 Å². The average molecular weight is 388 g/mol. The minimum Gasteiger partial charge on any atom is -0.493 e. The second-order valence-electron chi connectivity index (χ2n) is 4.92. The van der Waals surface area contributed by atoms with Crippen molar-refractivity contribution in [3.05, 3.63) is 52.8 Å². The second kappa shape index (κ2) is 7.71. The fourth-order valence-corrected chi connectivity index (χ4v) is 3.32. The van der Waals surface area contributed by atoms with Gasteiger partial charge in [-0.2, -0.15) is 0 Å². The zero-order valence-electron chi connectivity index (χ0n) is 13.4. The summed E-state index contributed by atoms with van der Waals surface area (Å²) >= 11 is 5.83. The number of sulfonamides is 1. The molecule has 2 rings (SSSR count). The Labute approximate surface area is 149 Å². The molecular weight excluding hydrogens is 373 g/mol. The normalized spacial score (nSPS) is 11.0. The van der Waals surface area contributed by atoms with Crippen LogP contribution in [0.5, 0.6) is 11.5 Å². The Balaban J connectivity index is 2.22. The molecule has 134 valence electrons. The van der Waals surface area contributed by atoms with Crippen molar-refractivity contribution in [2.24, 2.45) is 0 Å². The number of carbonyl (C=O) groups excluding carboxylic acids is 1. The van der Waals surface area contributed by atoms with Gasteiger partial charge in [0, 0.05) is 16.7 Å². The molecule has 0 heterocycles. The van der Waals surface area contributed by atoms with Gasteiger partial charge in [0.05, 0.1) is 25.5 Å². The van der Waals surface area contributed by atoms with Crippen LogP contribution in [0.4, 0.5) is 4.39 Å². The van der Waals surface area contributed by atoms with E-state index in [1.807, 2.05) is 4.72 Å². The third-order valence-electron chi connectivity index (χ3n) is 3.31. The van der Waals surface area contributed by atoms with Crippen LogP contribution in [0.2, 0.25) is 5.02 Å². The van der Waals surface area contributed by atoms with Crippen molar-refractivity contribution < 1.29 is 27.1 Å². The summed E-state index contributed by atoms with van der Waals surface area (Å²) in [6, 6.07) is 7.80. The standard InChI is InChI=1S/C16H15ClFNO5S/c1-23-14-7-6-10(8-15(14)24-2)25(21,22)19-16(20)9-11-12(17)4-3-5-13(11)18/h3-8H,9H2,1-2H3,(H,19,20). The molecule has 1 N–H and O–H groups in total. The quantitative estimate of drug-likeness (QED) is 0.823. The van der Waals surface area contributed by atoms with Crippen LogP contribution >= 0.6 is 11.6 Å². The predicted molar refractivity (Wildman–Crippen MR) is 90.0 cm³/mol. The lowest BCUT2D eigenvalue weighted by atomic mass is 10.1. The van der Waals surface area contributed by atoms with Gasteiger partial charge in [0.1, 0.15) is 5.82 Å². The minimum atomic E-state index is -4.16. The monoisotopic (exact) mass is 387 g/mol. The van der Waals surface area contributed by atoms with Crippen molar-refractivity contribution in [3.8, 4) is 11.5 Å². The highest BCUT2D eigenvalue weighted by Crippen LogP contribution is 2.29. The first kappa shape index (κ1) is 19.0. The van der Waals surface area contributed by atoms with Crippen LogP contribution in [-0.4, -0.2) is 28.5 Å². The summed E-state index contributed by atoms with van der Waals surface area (Å²) in [6.45, 7) is 0. The SMILES string of the molecule is COc1ccc(S(=O)(=O)NC(=O)Cc2c(F)cccc2Cl)cc1OC. The van der Waals surface area contributed by atoms with E-state index in [0.717, 1.165) is 6.07 Å². The highest BCUT2D eigenvalue weighted by atomic mass is 35.5. The van der Waals surface area contributed by atoms with Gasteiger partial charge in [-0.05, 0) is 24.3 Å². The smallest absolute Gasteiger partial charge is 0.264 e. The molecule has 9 heteroatoms. The molecular formula is C16H15ClFNO5S. The minimum absolute atomic E-state index is 0.0404. The second-order valence-corrected chi connectivity index (χ2v) is 7.01. The van der Waals surface area contributed by atoms with Crippen molar-refractivity contribution in [1.29, 1.82) is 0 Å². The number of rotatable bonds is 6. The van der Waals surface area contributed by atoms with Gasteiger partial charge in [-0.15, -0.1) is 0 Å². The predicted octanol–water partition coefficient (Wildman–Crippen LogP) is 2.54. The Morgan fingerprint density at radius 3 is 2.44 bits per heavy atom. The average Bonchev–Trinajstić information content (AvgIpc) is 2.57. The summed E-state index contributed by atoms with van der Waals surface area (Å²) in [5, 5.41) is 0.0404. The summed E-state index contributed by atoms with van der Waals surface area (Å²) < 4.78 is 50.3. The molecule has 25 heavy (non-hydrogen) atoms. The molecule has 0 spiro atoms. The largest absolute Gasteiger partial charge is 0.493 e. The Morgan fingerprint density at radius 1 is 1.16 bits per heavy atom. The molecule has 2 aromatic rings. The molecule has 0 fully saturated rings. The Hall–Kier alpha value is -2.32. The zero-order valence-corrected chi connectivity index (χ0v) is 14.9. The summed E-state index contributed by atoms with van der Waals surface area (Å²) in [6.07, 6.45) is -0.516. The van der Waals surface area contributed by atoms with Crippen molar-refractivity contribution in [2.45, 2.75) is 11.3 Å². The Kier molecular flexibility index (Phi) is 5.86. The van der Waals surface area contributed by atoms with E-state index in [-0.39, 0.29) is 21.2 Å². The van der Waals surface area contributed by atoms with Crippen LogP contribution in [0.1, 0.15) is 5.56 Å². The van der Waals surface area contributed by atoms with E-state index in [4.69, 9.17) is 21.1 Å². The fourth-order valence-electron chi connectivity index (χ4n) is 2.09. The van der Waals surface area contributed by atoms with E-state index in [1.165, 1.54) is 44.6 Å². The highest BCUT2D eigenvalue weighted by molar-refractivity contribution is 7.90. The molecule has 0 aliphatic carbocycles. The highest BCUT2D eigenvalue weighted by Gasteiger charge is 2.21. The molecule has 2 aromatic carbocycles. The number of benzene rings is 2. The third-order valence-corrected chi connectivity index (χ3v) is 5.04. The number of nitrogens with one attached hydrogen (secondary N) is 1. The van der Waals surface area contributed by atoms with Crippen LogP contribution in [0.3, 0.4) is 0 Å². The van der Waals surface area contributed by atoms with Gasteiger partial charge in [0.2, 0.25) is 5.91 Å². The molecule has 0 bridgehead atoms. The number of halogens is 2. The molecule has 0 aromatic heterocycles. The van der Waals surface area contributed by atoms with Crippen molar-refractivity contribution in [2.75, 3.05) is 14.2 Å². The van der Waals surface area contributed by atoms with Gasteiger partial charge in [-0.1, -0.05) is 17.7 Å². The molecule has 0 aliphatic heterocycles. The van der Waals surface area contributed by atoms with Crippen LogP contribution in [-0.2, 0) is 21.2 Å². The zero-order chi connectivity index (χ0) is 18.6. The lowest BCUT2D eigenvalue weighted by Gasteiger charge is -2.11.